The fourth-order valence-electron chi connectivity index (χ4n) is 3.11. The van der Waals surface area contributed by atoms with Crippen LogP contribution in [-0.4, -0.2) is 25.2 Å². The van der Waals surface area contributed by atoms with Crippen molar-refractivity contribution in [3.05, 3.63) is 35.4 Å². The Hall–Kier alpha value is -1.84. The highest BCUT2D eigenvalue weighted by Gasteiger charge is 2.12. The number of carbonyl (C=O) groups excluding carboxylic acids is 2. The summed E-state index contributed by atoms with van der Waals surface area (Å²) < 4.78 is 10.7. The topological polar surface area (TPSA) is 52.6 Å². The van der Waals surface area contributed by atoms with E-state index >= 15 is 0 Å². The van der Waals surface area contributed by atoms with Crippen molar-refractivity contribution >= 4 is 11.9 Å². The molecule has 0 atom stereocenters. The maximum Gasteiger partial charge on any atom is 0.338 e. The standard InChI is InChI=1S/C25H40O4/c1-20(2)13-8-6-5-7-10-17-28-24(26)22-15-12-16-23(19-22)25(27)29-18-11-9-14-21(3)4/h12,15-16,19-21H,5-11,13-14,17-18H2,1-4H3. The second kappa shape index (κ2) is 15.1. The number of benzene rings is 1. The minimum atomic E-state index is -0.384. The van der Waals surface area contributed by atoms with Crippen molar-refractivity contribution in [3.8, 4) is 0 Å². The summed E-state index contributed by atoms with van der Waals surface area (Å²) in [4.78, 5) is 24.4. The van der Waals surface area contributed by atoms with Crippen molar-refractivity contribution in [2.24, 2.45) is 11.8 Å². The van der Waals surface area contributed by atoms with Gasteiger partial charge in [0.15, 0.2) is 0 Å². The van der Waals surface area contributed by atoms with Gasteiger partial charge >= 0.3 is 11.9 Å². The quantitative estimate of drug-likeness (QED) is 0.238. The molecule has 0 amide bonds. The van der Waals surface area contributed by atoms with Crippen molar-refractivity contribution < 1.29 is 19.1 Å². The zero-order chi connectivity index (χ0) is 21.5. The minimum absolute atomic E-state index is 0.378. The third-order valence-corrected chi connectivity index (χ3v) is 4.90. The van der Waals surface area contributed by atoms with E-state index in [1.165, 1.54) is 25.7 Å². The third kappa shape index (κ3) is 12.4. The van der Waals surface area contributed by atoms with Crippen LogP contribution in [0.1, 0.15) is 106 Å². The Balaban J connectivity index is 2.26. The van der Waals surface area contributed by atoms with Gasteiger partial charge in [-0.1, -0.05) is 72.3 Å². The smallest absolute Gasteiger partial charge is 0.338 e. The second-order valence-electron chi connectivity index (χ2n) is 8.69. The molecule has 0 heterocycles. The Morgan fingerprint density at radius 1 is 0.690 bits per heavy atom. The molecule has 1 aromatic rings. The van der Waals surface area contributed by atoms with Crippen LogP contribution in [0.3, 0.4) is 0 Å². The molecule has 1 aromatic carbocycles. The molecule has 0 radical (unpaired) electrons. The molecule has 29 heavy (non-hydrogen) atoms. The molecule has 1 rings (SSSR count). The Bertz CT molecular complexity index is 592. The van der Waals surface area contributed by atoms with E-state index in [0.717, 1.165) is 38.0 Å². The lowest BCUT2D eigenvalue weighted by atomic mass is 10.0. The van der Waals surface area contributed by atoms with Crippen molar-refractivity contribution in [2.75, 3.05) is 13.2 Å². The molecule has 0 aliphatic carbocycles. The first kappa shape index (κ1) is 25.2. The lowest BCUT2D eigenvalue weighted by Crippen LogP contribution is -2.10. The molecule has 0 N–H and O–H groups in total. The predicted molar refractivity (Wildman–Crippen MR) is 118 cm³/mol. The summed E-state index contributed by atoms with van der Waals surface area (Å²) >= 11 is 0. The predicted octanol–water partition coefficient (Wildman–Crippen LogP) is 6.82. The molecular formula is C25H40O4. The van der Waals surface area contributed by atoms with E-state index < -0.39 is 0 Å². The Morgan fingerprint density at radius 2 is 1.10 bits per heavy atom. The van der Waals surface area contributed by atoms with Crippen LogP contribution in [0.2, 0.25) is 0 Å². The summed E-state index contributed by atoms with van der Waals surface area (Å²) in [6.07, 6.45) is 10.00. The Morgan fingerprint density at radius 3 is 1.62 bits per heavy atom. The molecule has 4 heteroatoms. The Labute approximate surface area is 177 Å². The van der Waals surface area contributed by atoms with Gasteiger partial charge in [-0.05, 0) is 49.3 Å². The molecule has 0 aliphatic heterocycles. The number of hydrogen-bond acceptors (Lipinski definition) is 4. The van der Waals surface area contributed by atoms with Crippen LogP contribution in [0.25, 0.3) is 0 Å². The van der Waals surface area contributed by atoms with Crippen molar-refractivity contribution in [2.45, 2.75) is 85.5 Å². The molecule has 0 saturated heterocycles. The van der Waals surface area contributed by atoms with Crippen LogP contribution in [-0.2, 0) is 9.47 Å². The number of rotatable bonds is 15. The van der Waals surface area contributed by atoms with Crippen molar-refractivity contribution in [1.29, 1.82) is 0 Å². The largest absolute Gasteiger partial charge is 0.462 e. The number of ether oxygens (including phenoxy) is 2. The molecule has 0 aromatic heterocycles. The van der Waals surface area contributed by atoms with Gasteiger partial charge in [-0.3, -0.25) is 0 Å². The molecule has 0 spiro atoms. The number of esters is 2. The zero-order valence-electron chi connectivity index (χ0n) is 18.9. The van der Waals surface area contributed by atoms with Gasteiger partial charge in [-0.25, -0.2) is 9.59 Å². The van der Waals surface area contributed by atoms with Crippen LogP contribution in [0.15, 0.2) is 24.3 Å². The molecule has 4 nitrogen and oxygen atoms in total. The van der Waals surface area contributed by atoms with Gasteiger partial charge in [0, 0.05) is 0 Å². The fourth-order valence-corrected chi connectivity index (χ4v) is 3.11. The van der Waals surface area contributed by atoms with Crippen LogP contribution in [0.4, 0.5) is 0 Å². The number of hydrogen-bond donors (Lipinski definition) is 0. The molecule has 0 bridgehead atoms. The summed E-state index contributed by atoms with van der Waals surface area (Å²) in [5, 5.41) is 0. The van der Waals surface area contributed by atoms with Gasteiger partial charge < -0.3 is 9.47 Å². The number of unbranched alkanes of at least 4 members (excludes halogenated alkanes) is 5. The van der Waals surface area contributed by atoms with Crippen LogP contribution in [0.5, 0.6) is 0 Å². The minimum Gasteiger partial charge on any atom is -0.462 e. The number of carbonyl (C=O) groups is 2. The average molecular weight is 405 g/mol. The molecular weight excluding hydrogens is 364 g/mol. The lowest BCUT2D eigenvalue weighted by molar-refractivity contribution is 0.0496. The first-order valence-electron chi connectivity index (χ1n) is 11.3. The summed E-state index contributed by atoms with van der Waals surface area (Å²) in [6, 6.07) is 6.60. The van der Waals surface area contributed by atoms with E-state index in [0.29, 0.717) is 30.3 Å². The van der Waals surface area contributed by atoms with E-state index in [9.17, 15) is 9.59 Å². The molecule has 0 saturated carbocycles. The first-order chi connectivity index (χ1) is 13.9. The van der Waals surface area contributed by atoms with Gasteiger partial charge in [0.05, 0.1) is 24.3 Å². The third-order valence-electron chi connectivity index (χ3n) is 4.90. The fraction of sp³-hybridized carbons (Fsp3) is 0.680. The van der Waals surface area contributed by atoms with Crippen LogP contribution < -0.4 is 0 Å². The first-order valence-corrected chi connectivity index (χ1v) is 11.3. The van der Waals surface area contributed by atoms with Crippen molar-refractivity contribution in [1.82, 2.24) is 0 Å². The van der Waals surface area contributed by atoms with Crippen molar-refractivity contribution in [3.63, 3.8) is 0 Å². The van der Waals surface area contributed by atoms with E-state index in [1.807, 2.05) is 0 Å². The van der Waals surface area contributed by atoms with E-state index in [-0.39, 0.29) is 11.9 Å². The average Bonchev–Trinajstić information content (AvgIpc) is 2.69. The van der Waals surface area contributed by atoms with Gasteiger partial charge in [0.25, 0.3) is 0 Å². The highest BCUT2D eigenvalue weighted by Crippen LogP contribution is 2.12. The van der Waals surface area contributed by atoms with Gasteiger partial charge in [-0.2, -0.15) is 0 Å². The summed E-state index contributed by atoms with van der Waals surface area (Å²) in [5.41, 5.74) is 0.796. The van der Waals surface area contributed by atoms with Gasteiger partial charge in [-0.15, -0.1) is 0 Å². The molecule has 0 aliphatic rings. The summed E-state index contributed by atoms with van der Waals surface area (Å²) in [5.74, 6) is 0.675. The van der Waals surface area contributed by atoms with Crippen LogP contribution in [0, 0.1) is 11.8 Å². The van der Waals surface area contributed by atoms with E-state index in [1.54, 1.807) is 24.3 Å². The molecule has 0 unspecified atom stereocenters. The highest BCUT2D eigenvalue weighted by molar-refractivity contribution is 5.95. The second-order valence-corrected chi connectivity index (χ2v) is 8.69. The maximum atomic E-state index is 12.2. The maximum absolute atomic E-state index is 12.2. The monoisotopic (exact) mass is 404 g/mol. The van der Waals surface area contributed by atoms with Gasteiger partial charge in [0.1, 0.15) is 0 Å². The highest BCUT2D eigenvalue weighted by atomic mass is 16.5. The SMILES string of the molecule is CC(C)CCCCCCCOC(=O)c1cccc(C(=O)OCCCCC(C)C)c1. The molecule has 164 valence electrons. The van der Waals surface area contributed by atoms with Gasteiger partial charge in [0.2, 0.25) is 0 Å². The Kier molecular flexibility index (Phi) is 13.1. The van der Waals surface area contributed by atoms with E-state index in [4.69, 9.17) is 9.47 Å². The molecule has 0 fully saturated rings. The summed E-state index contributed by atoms with van der Waals surface area (Å²) in [6.45, 7) is 9.71. The normalized spacial score (nSPS) is 11.1. The summed E-state index contributed by atoms with van der Waals surface area (Å²) in [7, 11) is 0. The van der Waals surface area contributed by atoms with Crippen LogP contribution >= 0.6 is 0 Å². The zero-order valence-corrected chi connectivity index (χ0v) is 18.9. The lowest BCUT2D eigenvalue weighted by Gasteiger charge is -2.08. The van der Waals surface area contributed by atoms with E-state index in [2.05, 4.69) is 27.7 Å².